The third kappa shape index (κ3) is 3.28. The molecule has 1 atom stereocenters. The maximum Gasteiger partial charge on any atom is 0.174 e. The average Bonchev–Trinajstić information content (AvgIpc) is 2.75. The Labute approximate surface area is 109 Å². The van der Waals surface area contributed by atoms with Crippen LogP contribution in [0.4, 0.5) is 0 Å². The van der Waals surface area contributed by atoms with Crippen molar-refractivity contribution in [2.45, 2.75) is 35.6 Å². The minimum Gasteiger partial charge on any atom is -0.388 e. The molecule has 17 heavy (non-hydrogen) atoms. The lowest BCUT2D eigenvalue weighted by Crippen LogP contribution is -1.93. The first-order valence-electron chi connectivity index (χ1n) is 5.45. The quantitative estimate of drug-likeness (QED) is 0.920. The molecule has 0 saturated heterocycles. The maximum absolute atomic E-state index is 9.69. The summed E-state index contributed by atoms with van der Waals surface area (Å²) in [6.45, 7) is 3.86. The first-order chi connectivity index (χ1) is 8.19. The van der Waals surface area contributed by atoms with Crippen molar-refractivity contribution in [1.82, 2.24) is 9.36 Å². The second-order valence-corrected chi connectivity index (χ2v) is 5.78. The van der Waals surface area contributed by atoms with Gasteiger partial charge < -0.3 is 5.11 Å². The third-order valence-corrected chi connectivity index (χ3v) is 4.22. The highest BCUT2D eigenvalue weighted by molar-refractivity contribution is 8.01. The van der Waals surface area contributed by atoms with Gasteiger partial charge in [0.1, 0.15) is 5.82 Å². The lowest BCUT2D eigenvalue weighted by molar-refractivity contribution is 0.173. The maximum atomic E-state index is 9.69. The molecule has 1 N–H and O–H groups in total. The number of hydrogen-bond donors (Lipinski definition) is 1. The van der Waals surface area contributed by atoms with Gasteiger partial charge in [0.25, 0.3) is 0 Å². The zero-order valence-corrected chi connectivity index (χ0v) is 11.4. The molecule has 0 aliphatic carbocycles. The van der Waals surface area contributed by atoms with Crippen molar-refractivity contribution in [3.8, 4) is 0 Å². The molecule has 90 valence electrons. The highest BCUT2D eigenvalue weighted by atomic mass is 32.2. The third-order valence-electron chi connectivity index (χ3n) is 2.37. The summed E-state index contributed by atoms with van der Waals surface area (Å²) in [6, 6.07) is 7.94. The van der Waals surface area contributed by atoms with E-state index < -0.39 is 0 Å². The molecule has 5 heteroatoms. The number of aryl methyl sites for hydroxylation is 1. The summed E-state index contributed by atoms with van der Waals surface area (Å²) >= 11 is 3.01. The molecule has 2 rings (SSSR count). The van der Waals surface area contributed by atoms with Gasteiger partial charge >= 0.3 is 0 Å². The van der Waals surface area contributed by atoms with Gasteiger partial charge in [-0.1, -0.05) is 30.8 Å². The normalized spacial score (nSPS) is 12.6. The Kier molecular flexibility index (Phi) is 4.15. The van der Waals surface area contributed by atoms with Crippen LogP contribution in [0.3, 0.4) is 0 Å². The lowest BCUT2D eigenvalue weighted by Gasteiger charge is -2.07. The number of aliphatic hydroxyl groups is 1. The number of nitrogens with zero attached hydrogens (tertiary/aromatic N) is 2. The molecule has 0 fully saturated rings. The summed E-state index contributed by atoms with van der Waals surface area (Å²) in [7, 11) is 0. The van der Waals surface area contributed by atoms with Gasteiger partial charge in [0.15, 0.2) is 4.34 Å². The highest BCUT2D eigenvalue weighted by Crippen LogP contribution is 2.29. The Morgan fingerprint density at radius 1 is 1.35 bits per heavy atom. The van der Waals surface area contributed by atoms with Gasteiger partial charge in [0.2, 0.25) is 0 Å². The fourth-order valence-electron chi connectivity index (χ4n) is 1.41. The molecule has 1 unspecified atom stereocenters. The van der Waals surface area contributed by atoms with Crippen LogP contribution in [-0.2, 0) is 0 Å². The van der Waals surface area contributed by atoms with E-state index in [1.807, 2.05) is 38.1 Å². The first kappa shape index (κ1) is 12.5. The largest absolute Gasteiger partial charge is 0.388 e. The van der Waals surface area contributed by atoms with Crippen molar-refractivity contribution in [1.29, 1.82) is 0 Å². The highest BCUT2D eigenvalue weighted by Gasteiger charge is 2.06. The molecule has 1 aromatic carbocycles. The summed E-state index contributed by atoms with van der Waals surface area (Å²) in [5.41, 5.74) is 0.963. The van der Waals surface area contributed by atoms with E-state index in [0.29, 0.717) is 0 Å². The van der Waals surface area contributed by atoms with Gasteiger partial charge in [-0.2, -0.15) is 4.37 Å². The zero-order valence-electron chi connectivity index (χ0n) is 9.75. The molecule has 3 nitrogen and oxygen atoms in total. The summed E-state index contributed by atoms with van der Waals surface area (Å²) < 4.78 is 5.09. The van der Waals surface area contributed by atoms with E-state index in [4.69, 9.17) is 0 Å². The number of rotatable bonds is 4. The molecule has 0 radical (unpaired) electrons. The molecule has 0 aliphatic heterocycles. The van der Waals surface area contributed by atoms with Crippen LogP contribution in [-0.4, -0.2) is 14.5 Å². The Balaban J connectivity index is 2.08. The van der Waals surface area contributed by atoms with Crippen LogP contribution < -0.4 is 0 Å². The van der Waals surface area contributed by atoms with Gasteiger partial charge in [0.05, 0.1) is 6.10 Å². The summed E-state index contributed by atoms with van der Waals surface area (Å²) in [5.74, 6) is 0.815. The molecule has 0 amide bonds. The lowest BCUT2D eigenvalue weighted by atomic mass is 10.1. The fourth-order valence-corrected chi connectivity index (χ4v) is 3.04. The van der Waals surface area contributed by atoms with Crippen molar-refractivity contribution >= 4 is 23.3 Å². The minimum atomic E-state index is -0.363. The van der Waals surface area contributed by atoms with Gasteiger partial charge in [-0.3, -0.25) is 0 Å². The molecule has 0 bridgehead atoms. The number of aromatic nitrogens is 2. The summed E-state index contributed by atoms with van der Waals surface area (Å²) in [4.78, 5) is 5.42. The number of benzene rings is 1. The molecular formula is C12H14N2OS2. The Hall–Kier alpha value is -0.910. The monoisotopic (exact) mass is 266 g/mol. The van der Waals surface area contributed by atoms with E-state index in [1.54, 1.807) is 11.8 Å². The molecule has 0 spiro atoms. The van der Waals surface area contributed by atoms with Crippen molar-refractivity contribution in [2.75, 3.05) is 0 Å². The minimum absolute atomic E-state index is 0.363. The first-order valence-corrected chi connectivity index (χ1v) is 7.04. The van der Waals surface area contributed by atoms with Crippen LogP contribution in [0.25, 0.3) is 0 Å². The molecule has 1 aromatic heterocycles. The van der Waals surface area contributed by atoms with E-state index in [-0.39, 0.29) is 6.10 Å². The van der Waals surface area contributed by atoms with Crippen molar-refractivity contribution in [3.05, 3.63) is 35.7 Å². The van der Waals surface area contributed by atoms with Crippen LogP contribution >= 0.6 is 23.3 Å². The van der Waals surface area contributed by atoms with Crippen LogP contribution in [0.15, 0.2) is 33.5 Å². The summed E-state index contributed by atoms with van der Waals surface area (Å²) in [6.07, 6.45) is 0.375. The fraction of sp³-hybridized carbons (Fsp3) is 0.333. The number of aliphatic hydroxyl groups excluding tert-OH is 1. The SMILES string of the molecule is CCC(O)c1ccc(Sc2nc(C)ns2)cc1. The van der Waals surface area contributed by atoms with Gasteiger partial charge in [-0.15, -0.1) is 0 Å². The molecule has 0 aliphatic rings. The van der Waals surface area contributed by atoms with Gasteiger partial charge in [0, 0.05) is 4.90 Å². The Morgan fingerprint density at radius 2 is 2.06 bits per heavy atom. The zero-order chi connectivity index (χ0) is 12.3. The predicted molar refractivity (Wildman–Crippen MR) is 70.5 cm³/mol. The van der Waals surface area contributed by atoms with Crippen LogP contribution in [0.1, 0.15) is 30.8 Å². The van der Waals surface area contributed by atoms with Crippen molar-refractivity contribution in [2.24, 2.45) is 0 Å². The second-order valence-electron chi connectivity index (χ2n) is 3.70. The smallest absolute Gasteiger partial charge is 0.174 e. The van der Waals surface area contributed by atoms with Crippen LogP contribution in [0.5, 0.6) is 0 Å². The predicted octanol–water partition coefficient (Wildman–Crippen LogP) is 3.44. The molecule has 0 saturated carbocycles. The van der Waals surface area contributed by atoms with E-state index in [0.717, 1.165) is 27.0 Å². The Morgan fingerprint density at radius 3 is 2.59 bits per heavy atom. The van der Waals surface area contributed by atoms with Crippen LogP contribution in [0.2, 0.25) is 0 Å². The van der Waals surface area contributed by atoms with Gasteiger partial charge in [-0.05, 0) is 42.6 Å². The molecule has 1 heterocycles. The topological polar surface area (TPSA) is 46.0 Å². The van der Waals surface area contributed by atoms with E-state index in [9.17, 15) is 5.11 Å². The average molecular weight is 266 g/mol. The second kappa shape index (κ2) is 5.62. The number of hydrogen-bond acceptors (Lipinski definition) is 5. The van der Waals surface area contributed by atoms with E-state index >= 15 is 0 Å². The van der Waals surface area contributed by atoms with Crippen molar-refractivity contribution < 1.29 is 5.11 Å². The Bertz CT molecular complexity index is 482. The summed E-state index contributed by atoms with van der Waals surface area (Å²) in [5, 5.41) is 9.69. The van der Waals surface area contributed by atoms with Crippen molar-refractivity contribution in [3.63, 3.8) is 0 Å². The van der Waals surface area contributed by atoms with Crippen LogP contribution in [0, 0.1) is 6.92 Å². The van der Waals surface area contributed by atoms with E-state index in [2.05, 4.69) is 9.36 Å². The van der Waals surface area contributed by atoms with E-state index in [1.165, 1.54) is 11.5 Å². The standard InChI is InChI=1S/C12H14N2OS2/c1-3-11(15)9-4-6-10(7-5-9)16-12-13-8(2)14-17-12/h4-7,11,15H,3H2,1-2H3. The molecular weight excluding hydrogens is 252 g/mol. The molecule has 2 aromatic rings. The van der Waals surface area contributed by atoms with Gasteiger partial charge in [-0.25, -0.2) is 4.98 Å².